The van der Waals surface area contributed by atoms with Crippen molar-refractivity contribution in [2.24, 2.45) is 5.92 Å². The maximum Gasteiger partial charge on any atom is 0.243 e. The summed E-state index contributed by atoms with van der Waals surface area (Å²) in [7, 11) is -7.08. The first kappa shape index (κ1) is 30.8. The third kappa shape index (κ3) is 7.07. The fourth-order valence-electron chi connectivity index (χ4n) is 5.03. The first-order chi connectivity index (χ1) is 17.5. The minimum absolute atomic E-state index is 0. The third-order valence-corrected chi connectivity index (χ3v) is 11.6. The van der Waals surface area contributed by atoms with Crippen molar-refractivity contribution in [3.63, 3.8) is 0 Å². The summed E-state index contributed by atoms with van der Waals surface area (Å²) in [6.07, 6.45) is 1.09. The van der Waals surface area contributed by atoms with Crippen LogP contribution in [0.2, 0.25) is 5.02 Å². The first-order valence-corrected chi connectivity index (χ1v) is 15.9. The van der Waals surface area contributed by atoms with Gasteiger partial charge in [0.1, 0.15) is 0 Å². The van der Waals surface area contributed by atoms with Crippen LogP contribution in [0.25, 0.3) is 0 Å². The van der Waals surface area contributed by atoms with Gasteiger partial charge in [-0.05, 0) is 73.6 Å². The van der Waals surface area contributed by atoms with Gasteiger partial charge in [0, 0.05) is 50.8 Å². The van der Waals surface area contributed by atoms with Crippen LogP contribution in [0.4, 0.5) is 0 Å². The second-order valence-electron chi connectivity index (χ2n) is 9.98. The molecule has 0 N–H and O–H groups in total. The van der Waals surface area contributed by atoms with E-state index in [-0.39, 0.29) is 29.0 Å². The van der Waals surface area contributed by atoms with Crippen LogP contribution in [0.3, 0.4) is 0 Å². The average Bonchev–Trinajstić information content (AvgIpc) is 3.36. The lowest BCUT2D eigenvalue weighted by Gasteiger charge is -2.34. The Morgan fingerprint density at radius 1 is 0.974 bits per heavy atom. The molecule has 0 spiro atoms. The number of rotatable bonds is 8. The highest BCUT2D eigenvalue weighted by molar-refractivity contribution is 7.89. The van der Waals surface area contributed by atoms with Crippen molar-refractivity contribution < 1.29 is 16.8 Å². The van der Waals surface area contributed by atoms with Gasteiger partial charge in [0.2, 0.25) is 20.0 Å². The van der Waals surface area contributed by atoms with E-state index in [2.05, 4.69) is 11.0 Å². The Labute approximate surface area is 237 Å². The Bertz CT molecular complexity index is 1400. The molecule has 2 aromatic carbocycles. The minimum atomic E-state index is -3.66. The number of sulfonamides is 2. The number of nitrogens with zero attached hydrogens (tertiary/aromatic N) is 4. The van der Waals surface area contributed by atoms with Gasteiger partial charge in [0.25, 0.3) is 0 Å². The molecule has 1 unspecified atom stereocenters. The molecule has 38 heavy (non-hydrogen) atoms. The Balaban J connectivity index is 0.00000400. The van der Waals surface area contributed by atoms with Gasteiger partial charge in [-0.1, -0.05) is 23.7 Å². The van der Waals surface area contributed by atoms with Crippen molar-refractivity contribution in [3.8, 4) is 6.07 Å². The topological polar surface area (TPSA) is 102 Å². The van der Waals surface area contributed by atoms with E-state index in [4.69, 9.17) is 16.9 Å². The van der Waals surface area contributed by atoms with E-state index in [0.717, 1.165) is 5.56 Å². The highest BCUT2D eigenvalue weighted by Crippen LogP contribution is 2.31. The molecule has 208 valence electrons. The maximum absolute atomic E-state index is 13.2. The molecule has 0 bridgehead atoms. The standard InChI is InChI=1S/C26H33ClN4O4S2.ClH/c1-20-15-26(21(2)14-25(20)27)37(34,35)31-8-6-22(19-31)7-13-36(32,33)30-11-9-29(10-12-30)18-24-5-3-4-23(16-24)17-28;/h3-5,14-16,22H,6-13,18-19H2,1-2H3;1H. The van der Waals surface area contributed by atoms with E-state index in [0.29, 0.717) is 80.4 Å². The molecule has 0 radical (unpaired) electrons. The van der Waals surface area contributed by atoms with Gasteiger partial charge < -0.3 is 0 Å². The fourth-order valence-corrected chi connectivity index (χ4v) is 8.68. The van der Waals surface area contributed by atoms with Crippen molar-refractivity contribution in [1.82, 2.24) is 13.5 Å². The van der Waals surface area contributed by atoms with E-state index < -0.39 is 20.0 Å². The predicted molar refractivity (Wildman–Crippen MR) is 151 cm³/mol. The Hall–Kier alpha value is -1.71. The van der Waals surface area contributed by atoms with Gasteiger partial charge in [-0.3, -0.25) is 4.90 Å². The lowest BCUT2D eigenvalue weighted by molar-refractivity contribution is 0.181. The molecule has 2 aliphatic rings. The normalized spacial score (nSPS) is 19.7. The Morgan fingerprint density at radius 3 is 2.37 bits per heavy atom. The van der Waals surface area contributed by atoms with Gasteiger partial charge in [-0.25, -0.2) is 16.8 Å². The number of aryl methyl sites for hydroxylation is 2. The first-order valence-electron chi connectivity index (χ1n) is 12.5. The van der Waals surface area contributed by atoms with Crippen molar-refractivity contribution in [3.05, 3.63) is 63.7 Å². The summed E-state index contributed by atoms with van der Waals surface area (Å²) in [6, 6.07) is 12.9. The summed E-state index contributed by atoms with van der Waals surface area (Å²) < 4.78 is 55.6. The number of piperazine rings is 1. The molecule has 2 aromatic rings. The molecule has 0 saturated carbocycles. The molecule has 0 aliphatic carbocycles. The number of nitriles is 1. The highest BCUT2D eigenvalue weighted by Gasteiger charge is 2.35. The van der Waals surface area contributed by atoms with Crippen molar-refractivity contribution >= 4 is 44.1 Å². The Kier molecular flexibility index (Phi) is 10.3. The maximum atomic E-state index is 13.2. The fraction of sp³-hybridized carbons (Fsp3) is 0.500. The largest absolute Gasteiger partial charge is 0.296 e. The van der Waals surface area contributed by atoms with Gasteiger partial charge >= 0.3 is 0 Å². The van der Waals surface area contributed by atoms with Gasteiger partial charge in [0.05, 0.1) is 22.3 Å². The molecule has 0 amide bonds. The van der Waals surface area contributed by atoms with Gasteiger partial charge in [0.15, 0.2) is 0 Å². The molecule has 8 nitrogen and oxygen atoms in total. The van der Waals surface area contributed by atoms with E-state index in [1.54, 1.807) is 36.4 Å². The van der Waals surface area contributed by atoms with Crippen molar-refractivity contribution in [2.75, 3.05) is 45.0 Å². The van der Waals surface area contributed by atoms with Crippen LogP contribution >= 0.6 is 24.0 Å². The van der Waals surface area contributed by atoms with Crippen LogP contribution in [0, 0.1) is 31.1 Å². The summed E-state index contributed by atoms with van der Waals surface area (Å²) in [5.74, 6) is 0.0291. The molecule has 1 atom stereocenters. The van der Waals surface area contributed by atoms with E-state index >= 15 is 0 Å². The zero-order valence-electron chi connectivity index (χ0n) is 21.6. The number of benzene rings is 2. The van der Waals surface area contributed by atoms with Gasteiger partial charge in [-0.2, -0.15) is 13.9 Å². The third-order valence-electron chi connectivity index (χ3n) is 7.29. The number of hydrogen-bond acceptors (Lipinski definition) is 6. The predicted octanol–water partition coefficient (Wildman–Crippen LogP) is 3.80. The molecule has 2 saturated heterocycles. The van der Waals surface area contributed by atoms with Crippen LogP contribution in [0.5, 0.6) is 0 Å². The van der Waals surface area contributed by atoms with Crippen molar-refractivity contribution in [2.45, 2.75) is 38.1 Å². The molecule has 2 aliphatic heterocycles. The second kappa shape index (κ2) is 12.6. The molecule has 2 fully saturated rings. The summed E-state index contributed by atoms with van der Waals surface area (Å²) in [6.45, 7) is 7.04. The average molecular weight is 602 g/mol. The zero-order valence-corrected chi connectivity index (χ0v) is 24.8. The highest BCUT2D eigenvalue weighted by atomic mass is 35.5. The number of hydrogen-bond donors (Lipinski definition) is 0. The van der Waals surface area contributed by atoms with Crippen LogP contribution in [0.15, 0.2) is 41.3 Å². The summed E-state index contributed by atoms with van der Waals surface area (Å²) in [5.41, 5.74) is 2.98. The monoisotopic (exact) mass is 600 g/mol. The molecular weight excluding hydrogens is 567 g/mol. The lowest BCUT2D eigenvalue weighted by Crippen LogP contribution is -2.48. The minimum Gasteiger partial charge on any atom is -0.296 e. The van der Waals surface area contributed by atoms with Crippen molar-refractivity contribution in [1.29, 1.82) is 5.26 Å². The number of halogens is 2. The molecule has 0 aromatic heterocycles. The molecule has 4 rings (SSSR count). The SMILES string of the molecule is Cc1cc(S(=O)(=O)N2CCC(CCS(=O)(=O)N3CCN(Cc4cccc(C#N)c4)CC3)C2)c(C)cc1Cl.Cl. The lowest BCUT2D eigenvalue weighted by atomic mass is 10.1. The van der Waals surface area contributed by atoms with E-state index in [9.17, 15) is 16.8 Å². The van der Waals surface area contributed by atoms with Crippen LogP contribution in [0.1, 0.15) is 35.1 Å². The smallest absolute Gasteiger partial charge is 0.243 e. The van der Waals surface area contributed by atoms with Crippen LogP contribution in [-0.4, -0.2) is 75.4 Å². The molecule has 2 heterocycles. The molecular formula is C26H34Cl2N4O4S2. The summed E-state index contributed by atoms with van der Waals surface area (Å²) >= 11 is 6.14. The van der Waals surface area contributed by atoms with Gasteiger partial charge in [-0.15, -0.1) is 12.4 Å². The molecule has 12 heteroatoms. The van der Waals surface area contributed by atoms with E-state index in [1.165, 1.54) is 4.31 Å². The quantitative estimate of drug-likeness (QED) is 0.457. The summed E-state index contributed by atoms with van der Waals surface area (Å²) in [4.78, 5) is 2.46. The zero-order chi connectivity index (χ0) is 26.8. The van der Waals surface area contributed by atoms with E-state index in [1.807, 2.05) is 18.2 Å². The Morgan fingerprint density at radius 2 is 1.68 bits per heavy atom. The summed E-state index contributed by atoms with van der Waals surface area (Å²) in [5, 5.41) is 9.62. The van der Waals surface area contributed by atoms with Crippen LogP contribution < -0.4 is 0 Å². The van der Waals surface area contributed by atoms with Crippen LogP contribution in [-0.2, 0) is 26.6 Å². The second-order valence-corrected chi connectivity index (χ2v) is 14.4.